The summed E-state index contributed by atoms with van der Waals surface area (Å²) >= 11 is 0. The topological polar surface area (TPSA) is 78.0 Å². The van der Waals surface area contributed by atoms with E-state index in [0.717, 1.165) is 18.7 Å². The van der Waals surface area contributed by atoms with E-state index in [-0.39, 0.29) is 12.1 Å². The van der Waals surface area contributed by atoms with Crippen LogP contribution in [0.5, 0.6) is 0 Å². The van der Waals surface area contributed by atoms with Crippen molar-refractivity contribution >= 4 is 0 Å². The summed E-state index contributed by atoms with van der Waals surface area (Å²) in [6, 6.07) is -0.0865. The first-order valence-corrected chi connectivity index (χ1v) is 5.11. The van der Waals surface area contributed by atoms with Gasteiger partial charge in [-0.05, 0) is 13.3 Å². The third-order valence-electron chi connectivity index (χ3n) is 2.42. The smallest absolute Gasteiger partial charge is 0.0903 e. The number of nitrogens with zero attached hydrogens (tertiary/aromatic N) is 3. The molecule has 15 heavy (non-hydrogen) atoms. The molecule has 0 saturated carbocycles. The van der Waals surface area contributed by atoms with Crippen molar-refractivity contribution in [3.05, 3.63) is 11.9 Å². The van der Waals surface area contributed by atoms with Gasteiger partial charge >= 0.3 is 0 Å². The molecule has 0 amide bonds. The Morgan fingerprint density at radius 2 is 2.40 bits per heavy atom. The number of hydrazine groups is 1. The number of aryl methyl sites for hydroxylation is 1. The van der Waals surface area contributed by atoms with E-state index in [0.29, 0.717) is 0 Å². The maximum Gasteiger partial charge on any atom is 0.0903 e. The van der Waals surface area contributed by atoms with Crippen molar-refractivity contribution < 1.29 is 4.74 Å². The Balaban J connectivity index is 2.85. The number of hydrogen-bond acceptors (Lipinski definition) is 5. The zero-order chi connectivity index (χ0) is 11.3. The van der Waals surface area contributed by atoms with Gasteiger partial charge in [0.05, 0.1) is 24.0 Å². The molecule has 6 nitrogen and oxygen atoms in total. The number of rotatable bonds is 6. The molecule has 3 N–H and O–H groups in total. The van der Waals surface area contributed by atoms with Crippen LogP contribution in [-0.2, 0) is 11.3 Å². The lowest BCUT2D eigenvalue weighted by atomic mass is 10.1. The Morgan fingerprint density at radius 1 is 1.67 bits per heavy atom. The molecule has 6 heteroatoms. The minimum atomic E-state index is -0.0865. The molecule has 0 aliphatic carbocycles. The maximum atomic E-state index is 5.51. The van der Waals surface area contributed by atoms with Crippen molar-refractivity contribution in [2.75, 3.05) is 7.11 Å². The van der Waals surface area contributed by atoms with Crippen molar-refractivity contribution in [1.82, 2.24) is 20.4 Å². The zero-order valence-electron chi connectivity index (χ0n) is 9.47. The number of methoxy groups -OCH3 is 1. The lowest BCUT2D eigenvalue weighted by molar-refractivity contribution is 0.0799. The number of ether oxygens (including phenoxy) is 1. The van der Waals surface area contributed by atoms with Gasteiger partial charge in [0.25, 0.3) is 0 Å². The van der Waals surface area contributed by atoms with E-state index in [1.807, 2.05) is 11.6 Å². The molecule has 0 radical (unpaired) electrons. The Hall–Kier alpha value is -0.980. The molecule has 0 saturated heterocycles. The number of hydrogen-bond donors (Lipinski definition) is 2. The van der Waals surface area contributed by atoms with E-state index in [2.05, 4.69) is 22.7 Å². The van der Waals surface area contributed by atoms with Crippen molar-refractivity contribution in [2.24, 2.45) is 5.84 Å². The highest BCUT2D eigenvalue weighted by Gasteiger charge is 2.21. The highest BCUT2D eigenvalue weighted by molar-refractivity contribution is 5.04. The van der Waals surface area contributed by atoms with Gasteiger partial charge < -0.3 is 4.74 Å². The second-order valence-electron chi connectivity index (χ2n) is 3.47. The van der Waals surface area contributed by atoms with Crippen LogP contribution in [0.3, 0.4) is 0 Å². The van der Waals surface area contributed by atoms with Crippen LogP contribution in [0.25, 0.3) is 0 Å². The van der Waals surface area contributed by atoms with Crippen LogP contribution in [0.4, 0.5) is 0 Å². The monoisotopic (exact) mass is 213 g/mol. The number of aromatic nitrogens is 3. The van der Waals surface area contributed by atoms with Crippen molar-refractivity contribution in [3.63, 3.8) is 0 Å². The molecular formula is C9H19N5O. The molecular weight excluding hydrogens is 194 g/mol. The molecule has 0 aromatic carbocycles. The first-order chi connectivity index (χ1) is 7.24. The molecule has 1 rings (SSSR count). The van der Waals surface area contributed by atoms with Gasteiger partial charge in [0.1, 0.15) is 0 Å². The van der Waals surface area contributed by atoms with Crippen LogP contribution in [-0.4, -0.2) is 28.2 Å². The summed E-state index contributed by atoms with van der Waals surface area (Å²) in [7, 11) is 1.66. The van der Waals surface area contributed by atoms with Crippen LogP contribution in [0.15, 0.2) is 6.20 Å². The predicted molar refractivity (Wildman–Crippen MR) is 56.8 cm³/mol. The highest BCUT2D eigenvalue weighted by Crippen LogP contribution is 2.16. The molecule has 0 fully saturated rings. The second-order valence-corrected chi connectivity index (χ2v) is 3.47. The Kier molecular flexibility index (Phi) is 4.67. The summed E-state index contributed by atoms with van der Waals surface area (Å²) in [6.45, 7) is 4.88. The summed E-state index contributed by atoms with van der Waals surface area (Å²) in [6.07, 6.45) is 2.70. The van der Waals surface area contributed by atoms with E-state index in [4.69, 9.17) is 10.6 Å². The van der Waals surface area contributed by atoms with Gasteiger partial charge in [-0.3, -0.25) is 5.84 Å². The van der Waals surface area contributed by atoms with Gasteiger partial charge in [-0.2, -0.15) is 0 Å². The average Bonchev–Trinajstić information content (AvgIpc) is 2.68. The van der Waals surface area contributed by atoms with Gasteiger partial charge in [-0.1, -0.05) is 12.1 Å². The molecule has 1 heterocycles. The minimum absolute atomic E-state index is 0.0240. The Morgan fingerprint density at radius 3 is 2.93 bits per heavy atom. The molecule has 86 valence electrons. The number of nitrogens with two attached hydrogens (primary N) is 1. The minimum Gasteiger partial charge on any atom is -0.380 e. The normalized spacial score (nSPS) is 15.2. The third kappa shape index (κ3) is 2.74. The van der Waals surface area contributed by atoms with E-state index < -0.39 is 0 Å². The van der Waals surface area contributed by atoms with Crippen LogP contribution in [0.2, 0.25) is 0 Å². The van der Waals surface area contributed by atoms with Crippen LogP contribution in [0.1, 0.15) is 32.0 Å². The fourth-order valence-electron chi connectivity index (χ4n) is 1.49. The largest absolute Gasteiger partial charge is 0.380 e. The van der Waals surface area contributed by atoms with E-state index in [1.54, 1.807) is 13.3 Å². The van der Waals surface area contributed by atoms with E-state index in [1.165, 1.54) is 0 Å². The summed E-state index contributed by atoms with van der Waals surface area (Å²) in [4.78, 5) is 0. The Bertz CT molecular complexity index is 288. The van der Waals surface area contributed by atoms with Gasteiger partial charge in [0, 0.05) is 13.7 Å². The summed E-state index contributed by atoms with van der Waals surface area (Å²) < 4.78 is 7.10. The Labute approximate surface area is 89.8 Å². The quantitative estimate of drug-likeness (QED) is 0.522. The van der Waals surface area contributed by atoms with Crippen LogP contribution < -0.4 is 11.3 Å². The fraction of sp³-hybridized carbons (Fsp3) is 0.778. The zero-order valence-corrected chi connectivity index (χ0v) is 9.47. The molecule has 1 aromatic rings. The summed E-state index contributed by atoms with van der Waals surface area (Å²) in [5, 5.41) is 7.90. The van der Waals surface area contributed by atoms with E-state index in [9.17, 15) is 0 Å². The molecule has 2 unspecified atom stereocenters. The average molecular weight is 213 g/mol. The van der Waals surface area contributed by atoms with Gasteiger partial charge in [-0.15, -0.1) is 5.10 Å². The lowest BCUT2D eigenvalue weighted by Gasteiger charge is -2.22. The van der Waals surface area contributed by atoms with Gasteiger partial charge in [-0.25, -0.2) is 10.1 Å². The highest BCUT2D eigenvalue weighted by atomic mass is 16.5. The van der Waals surface area contributed by atoms with Crippen LogP contribution >= 0.6 is 0 Å². The van der Waals surface area contributed by atoms with Gasteiger partial charge in [0.15, 0.2) is 0 Å². The molecule has 2 atom stereocenters. The van der Waals surface area contributed by atoms with Crippen molar-refractivity contribution in [3.8, 4) is 0 Å². The summed E-state index contributed by atoms with van der Waals surface area (Å²) in [5.41, 5.74) is 3.68. The molecule has 0 aliphatic rings. The van der Waals surface area contributed by atoms with Crippen LogP contribution in [0, 0.1) is 0 Å². The standard InChI is InChI=1S/C9H19N5O/c1-4-5-14-8(6-11-13-14)9(12-10)7(2)15-3/h6-7,9,12H,4-5,10H2,1-3H3. The lowest BCUT2D eigenvalue weighted by Crippen LogP contribution is -2.37. The SMILES string of the molecule is CCCn1nncc1C(NN)C(C)OC. The van der Waals surface area contributed by atoms with Gasteiger partial charge in [0.2, 0.25) is 0 Å². The van der Waals surface area contributed by atoms with E-state index >= 15 is 0 Å². The summed E-state index contributed by atoms with van der Waals surface area (Å²) in [5.74, 6) is 5.51. The first-order valence-electron chi connectivity index (χ1n) is 5.11. The molecule has 0 aliphatic heterocycles. The van der Waals surface area contributed by atoms with Crippen molar-refractivity contribution in [1.29, 1.82) is 0 Å². The maximum absolute atomic E-state index is 5.51. The predicted octanol–water partition coefficient (Wildman–Crippen LogP) is 0.227. The number of nitrogens with one attached hydrogen (secondary N) is 1. The first kappa shape index (κ1) is 12.1. The molecule has 0 bridgehead atoms. The fourth-order valence-corrected chi connectivity index (χ4v) is 1.49. The third-order valence-corrected chi connectivity index (χ3v) is 2.42. The second kappa shape index (κ2) is 5.79. The molecule has 1 aromatic heterocycles. The molecule has 0 spiro atoms. The van der Waals surface area contributed by atoms with Crippen molar-refractivity contribution in [2.45, 2.75) is 39.0 Å².